The first-order valence-corrected chi connectivity index (χ1v) is 6.72. The fourth-order valence-corrected chi connectivity index (χ4v) is 1.99. The molecule has 0 atom stereocenters. The lowest BCUT2D eigenvalue weighted by Gasteiger charge is -2.21. The largest absolute Gasteiger partial charge is 0.496 e. The fourth-order valence-electron chi connectivity index (χ4n) is 1.99. The summed E-state index contributed by atoms with van der Waals surface area (Å²) in [7, 11) is 3.22. The molecule has 1 rings (SSSR count). The van der Waals surface area contributed by atoms with E-state index in [1.165, 1.54) is 0 Å². The summed E-state index contributed by atoms with van der Waals surface area (Å²) >= 11 is 0. The lowest BCUT2D eigenvalue weighted by molar-refractivity contribution is -0.132. The van der Waals surface area contributed by atoms with Gasteiger partial charge in [-0.15, -0.1) is 0 Å². The number of ether oxygens (including phenoxy) is 2. The minimum absolute atomic E-state index is 0.0157. The number of methoxy groups -OCH3 is 2. The number of benzene rings is 1. The van der Waals surface area contributed by atoms with Crippen LogP contribution in [0.5, 0.6) is 5.75 Å². The van der Waals surface area contributed by atoms with E-state index in [1.807, 2.05) is 24.3 Å². The van der Waals surface area contributed by atoms with E-state index in [0.29, 0.717) is 32.5 Å². The highest BCUT2D eigenvalue weighted by Gasteiger charge is 2.13. The number of aliphatic hydroxyl groups excluding tert-OH is 1. The minimum atomic E-state index is -0.0376. The summed E-state index contributed by atoms with van der Waals surface area (Å²) in [5.41, 5.74) is 1.01. The third-order valence-electron chi connectivity index (χ3n) is 3.09. The summed E-state index contributed by atoms with van der Waals surface area (Å²) in [6.07, 6.45) is 1.02. The number of para-hydroxylation sites is 1. The summed E-state index contributed by atoms with van der Waals surface area (Å²) in [6, 6.07) is 7.67. The predicted molar refractivity (Wildman–Crippen MR) is 76.9 cm³/mol. The maximum absolute atomic E-state index is 12.1. The van der Waals surface area contributed by atoms with Gasteiger partial charge in [0.05, 0.1) is 20.3 Å². The van der Waals surface area contributed by atoms with Crippen molar-refractivity contribution in [1.82, 2.24) is 4.90 Å². The summed E-state index contributed by atoms with van der Waals surface area (Å²) in [4.78, 5) is 13.8. The van der Waals surface area contributed by atoms with Crippen LogP contribution in [0.4, 0.5) is 0 Å². The molecule has 20 heavy (non-hydrogen) atoms. The topological polar surface area (TPSA) is 59.0 Å². The third-order valence-corrected chi connectivity index (χ3v) is 3.09. The van der Waals surface area contributed by atoms with Crippen LogP contribution in [0.3, 0.4) is 0 Å². The highest BCUT2D eigenvalue weighted by atomic mass is 16.5. The van der Waals surface area contributed by atoms with E-state index in [0.717, 1.165) is 11.3 Å². The van der Waals surface area contributed by atoms with Crippen LogP contribution in [-0.4, -0.2) is 56.4 Å². The van der Waals surface area contributed by atoms with Crippen molar-refractivity contribution in [2.24, 2.45) is 0 Å². The Hall–Kier alpha value is -1.59. The van der Waals surface area contributed by atoms with Gasteiger partial charge in [0, 0.05) is 26.6 Å². The molecule has 112 valence electrons. The molecule has 0 aromatic heterocycles. The molecule has 0 bridgehead atoms. The van der Waals surface area contributed by atoms with Gasteiger partial charge in [0.15, 0.2) is 0 Å². The molecule has 5 heteroatoms. The van der Waals surface area contributed by atoms with Gasteiger partial charge in [-0.3, -0.25) is 4.79 Å². The van der Waals surface area contributed by atoms with Crippen LogP contribution in [0.1, 0.15) is 12.0 Å². The zero-order valence-electron chi connectivity index (χ0n) is 12.2. The lowest BCUT2D eigenvalue weighted by atomic mass is 10.1. The van der Waals surface area contributed by atoms with Gasteiger partial charge < -0.3 is 19.5 Å². The van der Waals surface area contributed by atoms with Crippen LogP contribution in [0.2, 0.25) is 0 Å². The number of carbonyl (C=O) groups excluding carboxylic acids is 1. The summed E-state index contributed by atoms with van der Waals surface area (Å²) in [6.45, 7) is 1.28. The van der Waals surface area contributed by atoms with E-state index in [-0.39, 0.29) is 12.5 Å². The second-order valence-corrected chi connectivity index (χ2v) is 4.41. The van der Waals surface area contributed by atoms with Gasteiger partial charge in [-0.25, -0.2) is 0 Å². The SMILES string of the molecule is COCCN(CCO)C(=O)CCc1ccccc1OC. The predicted octanol–water partition coefficient (Wildman–Crippen LogP) is 1.10. The molecule has 0 saturated carbocycles. The van der Waals surface area contributed by atoms with Crippen molar-refractivity contribution in [3.63, 3.8) is 0 Å². The maximum Gasteiger partial charge on any atom is 0.223 e. The molecule has 0 aliphatic carbocycles. The average Bonchev–Trinajstić information content (AvgIpc) is 2.49. The number of aryl methyl sites for hydroxylation is 1. The summed E-state index contributed by atoms with van der Waals surface area (Å²) in [5.74, 6) is 0.813. The normalized spacial score (nSPS) is 10.3. The second-order valence-electron chi connectivity index (χ2n) is 4.41. The molecule has 1 amide bonds. The smallest absolute Gasteiger partial charge is 0.223 e. The molecule has 0 saturated heterocycles. The molecule has 1 N–H and O–H groups in total. The van der Waals surface area contributed by atoms with E-state index >= 15 is 0 Å². The fraction of sp³-hybridized carbons (Fsp3) is 0.533. The average molecular weight is 281 g/mol. The highest BCUT2D eigenvalue weighted by molar-refractivity contribution is 5.76. The number of amides is 1. The standard InChI is InChI=1S/C15H23NO4/c1-19-12-10-16(9-11-17)15(18)8-7-13-5-3-4-6-14(13)20-2/h3-6,17H,7-12H2,1-2H3. The molecule has 0 radical (unpaired) electrons. The molecule has 0 aliphatic heterocycles. The third kappa shape index (κ3) is 5.19. The number of aliphatic hydroxyl groups is 1. The number of hydrogen-bond donors (Lipinski definition) is 1. The van der Waals surface area contributed by atoms with Crippen molar-refractivity contribution >= 4 is 5.91 Å². The minimum Gasteiger partial charge on any atom is -0.496 e. The van der Waals surface area contributed by atoms with E-state index < -0.39 is 0 Å². The van der Waals surface area contributed by atoms with Crippen LogP contribution >= 0.6 is 0 Å². The quantitative estimate of drug-likeness (QED) is 0.736. The first-order chi connectivity index (χ1) is 9.72. The zero-order chi connectivity index (χ0) is 14.8. The molecule has 0 heterocycles. The summed E-state index contributed by atoms with van der Waals surface area (Å²) < 4.78 is 10.2. The van der Waals surface area contributed by atoms with Crippen molar-refractivity contribution in [2.75, 3.05) is 40.5 Å². The van der Waals surface area contributed by atoms with Crippen LogP contribution < -0.4 is 4.74 Å². The van der Waals surface area contributed by atoms with Crippen LogP contribution in [0, 0.1) is 0 Å². The Bertz CT molecular complexity index is 409. The van der Waals surface area contributed by atoms with Crippen molar-refractivity contribution in [3.05, 3.63) is 29.8 Å². The van der Waals surface area contributed by atoms with E-state index in [4.69, 9.17) is 14.6 Å². The van der Waals surface area contributed by atoms with Gasteiger partial charge in [0.1, 0.15) is 5.75 Å². The number of rotatable bonds is 9. The molecule has 0 unspecified atom stereocenters. The Morgan fingerprint density at radius 2 is 2.00 bits per heavy atom. The van der Waals surface area contributed by atoms with E-state index in [9.17, 15) is 4.79 Å². The number of carbonyl (C=O) groups is 1. The van der Waals surface area contributed by atoms with Gasteiger partial charge in [0.2, 0.25) is 5.91 Å². The van der Waals surface area contributed by atoms with Crippen LogP contribution in [-0.2, 0) is 16.0 Å². The number of hydrogen-bond acceptors (Lipinski definition) is 4. The van der Waals surface area contributed by atoms with Crippen molar-refractivity contribution in [2.45, 2.75) is 12.8 Å². The Balaban J connectivity index is 2.55. The number of nitrogens with zero attached hydrogens (tertiary/aromatic N) is 1. The molecular weight excluding hydrogens is 258 g/mol. The molecular formula is C15H23NO4. The molecule has 0 aliphatic rings. The van der Waals surface area contributed by atoms with Crippen LogP contribution in [0.15, 0.2) is 24.3 Å². The lowest BCUT2D eigenvalue weighted by Crippen LogP contribution is -2.36. The molecule has 1 aromatic rings. The van der Waals surface area contributed by atoms with Crippen molar-refractivity contribution in [3.8, 4) is 5.75 Å². The molecule has 0 spiro atoms. The zero-order valence-corrected chi connectivity index (χ0v) is 12.2. The van der Waals surface area contributed by atoms with Crippen LogP contribution in [0.25, 0.3) is 0 Å². The van der Waals surface area contributed by atoms with E-state index in [2.05, 4.69) is 0 Å². The van der Waals surface area contributed by atoms with Gasteiger partial charge in [-0.05, 0) is 18.1 Å². The Kier molecular flexibility index (Phi) is 7.69. The first kappa shape index (κ1) is 16.5. The monoisotopic (exact) mass is 281 g/mol. The molecule has 1 aromatic carbocycles. The Labute approximate surface area is 120 Å². The van der Waals surface area contributed by atoms with E-state index in [1.54, 1.807) is 19.1 Å². The van der Waals surface area contributed by atoms with Crippen molar-refractivity contribution in [1.29, 1.82) is 0 Å². The molecule has 5 nitrogen and oxygen atoms in total. The maximum atomic E-state index is 12.1. The Morgan fingerprint density at radius 1 is 1.25 bits per heavy atom. The summed E-state index contributed by atoms with van der Waals surface area (Å²) in [5, 5.41) is 9.00. The Morgan fingerprint density at radius 3 is 2.65 bits per heavy atom. The molecule has 0 fully saturated rings. The van der Waals surface area contributed by atoms with Gasteiger partial charge in [-0.2, -0.15) is 0 Å². The van der Waals surface area contributed by atoms with Gasteiger partial charge in [0.25, 0.3) is 0 Å². The first-order valence-electron chi connectivity index (χ1n) is 6.72. The second kappa shape index (κ2) is 9.34. The highest BCUT2D eigenvalue weighted by Crippen LogP contribution is 2.19. The van der Waals surface area contributed by atoms with Gasteiger partial charge in [-0.1, -0.05) is 18.2 Å². The van der Waals surface area contributed by atoms with Gasteiger partial charge >= 0.3 is 0 Å². The van der Waals surface area contributed by atoms with Crippen molar-refractivity contribution < 1.29 is 19.4 Å².